The number of likely N-dealkylation sites (N-methyl/N-ethyl adjacent to an activating group) is 1. The van der Waals surface area contributed by atoms with E-state index in [9.17, 15) is 8.78 Å². The van der Waals surface area contributed by atoms with Gasteiger partial charge in [0.05, 0.1) is 6.54 Å². The summed E-state index contributed by atoms with van der Waals surface area (Å²) in [6.07, 6.45) is 0. The molecule has 1 aliphatic rings. The van der Waals surface area contributed by atoms with Gasteiger partial charge in [-0.25, -0.2) is 0 Å². The molecule has 1 aromatic rings. The van der Waals surface area contributed by atoms with Gasteiger partial charge in [-0.05, 0) is 18.2 Å². The number of ether oxygens (including phenoxy) is 1. The Labute approximate surface area is 118 Å². The van der Waals surface area contributed by atoms with Crippen LogP contribution in [-0.4, -0.2) is 37.6 Å². The number of alkyl halides is 2. The van der Waals surface area contributed by atoms with Crippen molar-refractivity contribution in [3.05, 3.63) is 28.2 Å². The van der Waals surface area contributed by atoms with Gasteiger partial charge in [0, 0.05) is 30.2 Å². The lowest BCUT2D eigenvalue weighted by atomic mass is 10.2. The molecule has 104 valence electrons. The molecule has 0 spiro atoms. The van der Waals surface area contributed by atoms with E-state index in [0.717, 1.165) is 23.5 Å². The topological polar surface area (TPSA) is 36.9 Å². The van der Waals surface area contributed by atoms with Gasteiger partial charge in [-0.1, -0.05) is 15.9 Å². The van der Waals surface area contributed by atoms with Gasteiger partial charge in [-0.3, -0.25) is 4.99 Å². The van der Waals surface area contributed by atoms with E-state index in [-0.39, 0.29) is 5.75 Å². The summed E-state index contributed by atoms with van der Waals surface area (Å²) in [4.78, 5) is 6.25. The minimum absolute atomic E-state index is 0.173. The van der Waals surface area contributed by atoms with Crippen LogP contribution in [0.5, 0.6) is 5.75 Å². The maximum absolute atomic E-state index is 12.3. The van der Waals surface area contributed by atoms with Crippen molar-refractivity contribution in [1.29, 1.82) is 0 Å². The van der Waals surface area contributed by atoms with Crippen molar-refractivity contribution in [1.82, 2.24) is 10.2 Å². The Morgan fingerprint density at radius 1 is 1.53 bits per heavy atom. The summed E-state index contributed by atoms with van der Waals surface area (Å²) < 4.78 is 29.9. The second-order valence-electron chi connectivity index (χ2n) is 4.11. The van der Waals surface area contributed by atoms with E-state index in [2.05, 4.69) is 31.0 Å². The highest BCUT2D eigenvalue weighted by molar-refractivity contribution is 9.10. The molecule has 0 fully saturated rings. The number of hydrogen-bond acceptors (Lipinski definition) is 4. The van der Waals surface area contributed by atoms with Crippen molar-refractivity contribution in [3.63, 3.8) is 0 Å². The summed E-state index contributed by atoms with van der Waals surface area (Å²) in [5.41, 5.74) is 0.651. The summed E-state index contributed by atoms with van der Waals surface area (Å²) in [5, 5.41) is 3.12. The average Bonchev–Trinajstić information content (AvgIpc) is 2.75. The first-order chi connectivity index (χ1) is 9.06. The molecular formula is C12H14BrF2N3O. The summed E-state index contributed by atoms with van der Waals surface area (Å²) in [7, 11) is 1.93. The normalized spacial score (nSPS) is 14.8. The molecule has 0 saturated carbocycles. The first kappa shape index (κ1) is 14.0. The van der Waals surface area contributed by atoms with Crippen LogP contribution in [0.4, 0.5) is 8.78 Å². The highest BCUT2D eigenvalue weighted by Gasteiger charge is 2.14. The lowest BCUT2D eigenvalue weighted by Gasteiger charge is -2.17. The van der Waals surface area contributed by atoms with E-state index >= 15 is 0 Å². The predicted octanol–water partition coefficient (Wildman–Crippen LogP) is 2.44. The Morgan fingerprint density at radius 2 is 2.32 bits per heavy atom. The minimum Gasteiger partial charge on any atom is -0.434 e. The van der Waals surface area contributed by atoms with Gasteiger partial charge in [0.25, 0.3) is 0 Å². The van der Waals surface area contributed by atoms with Gasteiger partial charge in [0.15, 0.2) is 5.96 Å². The van der Waals surface area contributed by atoms with Crippen LogP contribution in [0.2, 0.25) is 0 Å². The zero-order valence-electron chi connectivity index (χ0n) is 10.4. The third-order valence-corrected chi connectivity index (χ3v) is 3.23. The standard InChI is InChI=1S/C12H14BrF2N3O/c1-18-5-4-16-12(18)17-7-8-6-9(13)2-3-10(8)19-11(14)15/h2-3,6,11H,4-5,7H2,1H3,(H,16,17). The number of halogens is 3. The van der Waals surface area contributed by atoms with E-state index in [1.807, 2.05) is 11.9 Å². The molecule has 0 aliphatic carbocycles. The van der Waals surface area contributed by atoms with Gasteiger partial charge in [-0.2, -0.15) is 8.78 Å². The molecule has 0 unspecified atom stereocenters. The zero-order valence-corrected chi connectivity index (χ0v) is 12.0. The van der Waals surface area contributed by atoms with Crippen LogP contribution < -0.4 is 10.1 Å². The van der Waals surface area contributed by atoms with E-state index in [1.165, 1.54) is 6.07 Å². The number of nitrogens with zero attached hydrogens (tertiary/aromatic N) is 2. The molecule has 0 aromatic heterocycles. The van der Waals surface area contributed by atoms with E-state index in [1.54, 1.807) is 12.1 Å². The molecule has 4 nitrogen and oxygen atoms in total. The van der Waals surface area contributed by atoms with Gasteiger partial charge >= 0.3 is 6.61 Å². The summed E-state index contributed by atoms with van der Waals surface area (Å²) in [5.74, 6) is 0.940. The van der Waals surface area contributed by atoms with Gasteiger partial charge in [0.1, 0.15) is 5.75 Å². The lowest BCUT2D eigenvalue weighted by Crippen LogP contribution is -2.35. The van der Waals surface area contributed by atoms with Crippen molar-refractivity contribution in [2.45, 2.75) is 13.2 Å². The number of guanidine groups is 1. The first-order valence-corrected chi connectivity index (χ1v) is 6.58. The average molecular weight is 334 g/mol. The quantitative estimate of drug-likeness (QED) is 0.919. The molecule has 0 amide bonds. The Kier molecular flexibility index (Phi) is 4.57. The van der Waals surface area contributed by atoms with Crippen LogP contribution in [0.15, 0.2) is 27.7 Å². The van der Waals surface area contributed by atoms with Crippen LogP contribution >= 0.6 is 15.9 Å². The molecule has 2 rings (SSSR count). The fourth-order valence-corrected chi connectivity index (χ4v) is 2.20. The minimum atomic E-state index is -2.83. The molecule has 1 aliphatic heterocycles. The number of rotatable bonds is 4. The molecule has 19 heavy (non-hydrogen) atoms. The molecule has 1 aromatic carbocycles. The zero-order chi connectivity index (χ0) is 13.8. The van der Waals surface area contributed by atoms with Gasteiger partial charge < -0.3 is 15.0 Å². The Bertz CT molecular complexity index is 482. The van der Waals surface area contributed by atoms with Crippen molar-refractivity contribution < 1.29 is 13.5 Å². The summed E-state index contributed by atoms with van der Waals surface area (Å²) in [6, 6.07) is 4.94. The van der Waals surface area contributed by atoms with Crippen molar-refractivity contribution in [2.75, 3.05) is 20.1 Å². The van der Waals surface area contributed by atoms with Crippen LogP contribution in [0.25, 0.3) is 0 Å². The van der Waals surface area contributed by atoms with E-state index in [4.69, 9.17) is 0 Å². The maximum atomic E-state index is 12.3. The molecule has 7 heteroatoms. The third-order valence-electron chi connectivity index (χ3n) is 2.73. The lowest BCUT2D eigenvalue weighted by molar-refractivity contribution is -0.0504. The monoisotopic (exact) mass is 333 g/mol. The molecule has 0 atom stereocenters. The van der Waals surface area contributed by atoms with Crippen LogP contribution in [0, 0.1) is 0 Å². The summed E-state index contributed by atoms with van der Waals surface area (Å²) >= 11 is 3.32. The van der Waals surface area contributed by atoms with Crippen LogP contribution in [-0.2, 0) is 6.54 Å². The molecule has 0 radical (unpaired) electrons. The molecule has 1 N–H and O–H groups in total. The second kappa shape index (κ2) is 6.18. The fraction of sp³-hybridized carbons (Fsp3) is 0.417. The highest BCUT2D eigenvalue weighted by Crippen LogP contribution is 2.24. The Hall–Kier alpha value is -1.37. The maximum Gasteiger partial charge on any atom is 0.387 e. The molecule has 0 bridgehead atoms. The Morgan fingerprint density at radius 3 is 2.95 bits per heavy atom. The SMILES string of the molecule is CN1CCN=C1NCc1cc(Br)ccc1OC(F)F. The molecule has 0 saturated heterocycles. The number of aliphatic imine (C=N–C) groups is 1. The Balaban J connectivity index is 2.07. The van der Waals surface area contributed by atoms with Gasteiger partial charge in [0.2, 0.25) is 0 Å². The summed E-state index contributed by atoms with van der Waals surface area (Å²) in [6.45, 7) is -0.838. The highest BCUT2D eigenvalue weighted by atomic mass is 79.9. The predicted molar refractivity (Wildman–Crippen MR) is 72.5 cm³/mol. The molecular weight excluding hydrogens is 320 g/mol. The fourth-order valence-electron chi connectivity index (χ4n) is 1.79. The van der Waals surface area contributed by atoms with Gasteiger partial charge in [-0.15, -0.1) is 0 Å². The number of benzene rings is 1. The van der Waals surface area contributed by atoms with Crippen LogP contribution in [0.3, 0.4) is 0 Å². The van der Waals surface area contributed by atoms with Crippen molar-refractivity contribution in [3.8, 4) is 5.75 Å². The third kappa shape index (κ3) is 3.79. The number of nitrogens with one attached hydrogen (secondary N) is 1. The largest absolute Gasteiger partial charge is 0.434 e. The van der Waals surface area contributed by atoms with Crippen molar-refractivity contribution >= 4 is 21.9 Å². The second-order valence-corrected chi connectivity index (χ2v) is 5.03. The molecule has 1 heterocycles. The first-order valence-electron chi connectivity index (χ1n) is 5.79. The van der Waals surface area contributed by atoms with Crippen LogP contribution in [0.1, 0.15) is 5.56 Å². The van der Waals surface area contributed by atoms with E-state index < -0.39 is 6.61 Å². The smallest absolute Gasteiger partial charge is 0.387 e. The number of hydrogen-bond donors (Lipinski definition) is 1. The van der Waals surface area contributed by atoms with E-state index in [0.29, 0.717) is 12.1 Å². The van der Waals surface area contributed by atoms with Crippen molar-refractivity contribution in [2.24, 2.45) is 4.99 Å².